The van der Waals surface area contributed by atoms with Crippen LogP contribution in [0.5, 0.6) is 0 Å². The van der Waals surface area contributed by atoms with Crippen LogP contribution in [0, 0.1) is 0 Å². The lowest BCUT2D eigenvalue weighted by Crippen LogP contribution is -2.29. The summed E-state index contributed by atoms with van der Waals surface area (Å²) in [6.07, 6.45) is 4.17. The van der Waals surface area contributed by atoms with Crippen LogP contribution >= 0.6 is 8.73 Å². The fourth-order valence-electron chi connectivity index (χ4n) is 1.30. The lowest BCUT2D eigenvalue weighted by molar-refractivity contribution is -0.143. The third-order valence-electron chi connectivity index (χ3n) is 1.88. The number of carbonyl (C=O) groups excluding carboxylic acids is 1. The Kier molecular flexibility index (Phi) is 4.55. The van der Waals surface area contributed by atoms with E-state index < -0.39 is 0 Å². The number of hydrogen-bond donors (Lipinski definition) is 1. The third-order valence-corrected chi connectivity index (χ3v) is 3.09. The molecule has 4 heteroatoms. The molecule has 0 aromatic rings. The van der Waals surface area contributed by atoms with Crippen LogP contribution in [0.15, 0.2) is 0 Å². The van der Waals surface area contributed by atoms with E-state index in [1.165, 1.54) is 12.6 Å². The molecular formula is C8H16NO2P. The molecule has 0 saturated carbocycles. The minimum Gasteiger partial charge on any atom is -0.466 e. The summed E-state index contributed by atoms with van der Waals surface area (Å²) in [5.74, 6) is -0.0679. The van der Waals surface area contributed by atoms with E-state index in [0.717, 1.165) is 15.2 Å². The minimum atomic E-state index is -0.0679. The highest BCUT2D eigenvalue weighted by Crippen LogP contribution is 2.20. The molecule has 0 aliphatic carbocycles. The topological polar surface area (TPSA) is 38.3 Å². The Bertz CT molecular complexity index is 146. The van der Waals surface area contributed by atoms with Gasteiger partial charge in [0.05, 0.1) is 13.0 Å². The zero-order chi connectivity index (χ0) is 8.81. The molecule has 0 radical (unpaired) electrons. The molecule has 1 N–H and O–H groups in total. The Morgan fingerprint density at radius 1 is 1.75 bits per heavy atom. The molecular weight excluding hydrogens is 173 g/mol. The van der Waals surface area contributed by atoms with Crippen molar-refractivity contribution in [2.24, 2.45) is 0 Å². The molecule has 1 rings (SSSR count). The van der Waals surface area contributed by atoms with Crippen molar-refractivity contribution in [2.75, 3.05) is 12.8 Å². The molecule has 1 saturated heterocycles. The van der Waals surface area contributed by atoms with E-state index in [9.17, 15) is 4.79 Å². The summed E-state index contributed by atoms with van der Waals surface area (Å²) < 4.78 is 4.87. The van der Waals surface area contributed by atoms with Crippen molar-refractivity contribution in [3.63, 3.8) is 0 Å². The third kappa shape index (κ3) is 3.51. The first-order valence-electron chi connectivity index (χ1n) is 4.47. The van der Waals surface area contributed by atoms with Crippen molar-refractivity contribution < 1.29 is 9.53 Å². The maximum Gasteiger partial charge on any atom is 0.307 e. The SMILES string of the molecule is CCOC(=O)CC1CCCPN1. The average molecular weight is 189 g/mol. The van der Waals surface area contributed by atoms with E-state index >= 15 is 0 Å². The summed E-state index contributed by atoms with van der Waals surface area (Å²) in [5, 5.41) is 3.34. The molecule has 1 heterocycles. The van der Waals surface area contributed by atoms with Crippen LogP contribution < -0.4 is 5.09 Å². The van der Waals surface area contributed by atoms with E-state index in [1.54, 1.807) is 0 Å². The van der Waals surface area contributed by atoms with Crippen LogP contribution in [0.2, 0.25) is 0 Å². The van der Waals surface area contributed by atoms with E-state index in [0.29, 0.717) is 19.1 Å². The first-order valence-corrected chi connectivity index (χ1v) is 5.67. The maximum absolute atomic E-state index is 11.1. The molecule has 1 aliphatic heterocycles. The normalized spacial score (nSPS) is 25.6. The Morgan fingerprint density at radius 2 is 2.58 bits per heavy atom. The number of esters is 1. The lowest BCUT2D eigenvalue weighted by Gasteiger charge is -2.22. The molecule has 0 amide bonds. The maximum atomic E-state index is 11.1. The predicted octanol–water partition coefficient (Wildman–Crippen LogP) is 1.29. The Labute approximate surface area is 75.1 Å². The largest absolute Gasteiger partial charge is 0.466 e. The molecule has 0 bridgehead atoms. The van der Waals surface area contributed by atoms with Gasteiger partial charge in [0.2, 0.25) is 0 Å². The number of ether oxygens (including phenoxy) is 1. The zero-order valence-electron chi connectivity index (χ0n) is 7.43. The average Bonchev–Trinajstić information content (AvgIpc) is 2.06. The van der Waals surface area contributed by atoms with Crippen molar-refractivity contribution in [2.45, 2.75) is 32.2 Å². The van der Waals surface area contributed by atoms with Gasteiger partial charge in [0.1, 0.15) is 0 Å². The highest BCUT2D eigenvalue weighted by molar-refractivity contribution is 7.35. The van der Waals surface area contributed by atoms with Gasteiger partial charge in [0.25, 0.3) is 0 Å². The van der Waals surface area contributed by atoms with Crippen LogP contribution in [0.1, 0.15) is 26.2 Å². The van der Waals surface area contributed by atoms with Crippen molar-refractivity contribution in [3.05, 3.63) is 0 Å². The molecule has 70 valence electrons. The number of rotatable bonds is 3. The molecule has 12 heavy (non-hydrogen) atoms. The smallest absolute Gasteiger partial charge is 0.307 e. The Morgan fingerprint density at radius 3 is 3.17 bits per heavy atom. The van der Waals surface area contributed by atoms with Gasteiger partial charge in [0.15, 0.2) is 0 Å². The van der Waals surface area contributed by atoms with Gasteiger partial charge in [-0.3, -0.25) is 9.88 Å². The van der Waals surface area contributed by atoms with Crippen LogP contribution in [0.3, 0.4) is 0 Å². The van der Waals surface area contributed by atoms with Gasteiger partial charge in [-0.05, 0) is 25.9 Å². The molecule has 0 aromatic carbocycles. The van der Waals surface area contributed by atoms with Crippen molar-refractivity contribution in [1.82, 2.24) is 5.09 Å². The second-order valence-electron chi connectivity index (χ2n) is 2.92. The second kappa shape index (κ2) is 5.50. The van der Waals surface area contributed by atoms with Gasteiger partial charge in [0, 0.05) is 6.04 Å². The Hall–Kier alpha value is -0.140. The molecule has 0 spiro atoms. The summed E-state index contributed by atoms with van der Waals surface area (Å²) in [4.78, 5) is 11.1. The van der Waals surface area contributed by atoms with Gasteiger partial charge < -0.3 is 4.74 Å². The van der Waals surface area contributed by atoms with Crippen LogP contribution in [0.4, 0.5) is 0 Å². The first kappa shape index (κ1) is 9.94. The van der Waals surface area contributed by atoms with E-state index in [1.807, 2.05) is 6.92 Å². The summed E-state index contributed by atoms with van der Waals surface area (Å²) >= 11 is 0. The molecule has 1 aliphatic rings. The van der Waals surface area contributed by atoms with Gasteiger partial charge >= 0.3 is 5.97 Å². The van der Waals surface area contributed by atoms with E-state index in [-0.39, 0.29) is 5.97 Å². The van der Waals surface area contributed by atoms with Gasteiger partial charge in [-0.2, -0.15) is 0 Å². The molecule has 2 unspecified atom stereocenters. The molecule has 1 fully saturated rings. The van der Waals surface area contributed by atoms with Gasteiger partial charge in [-0.1, -0.05) is 8.73 Å². The predicted molar refractivity (Wildman–Crippen MR) is 50.6 cm³/mol. The number of carbonyl (C=O) groups is 1. The summed E-state index contributed by atoms with van der Waals surface area (Å²) in [5.41, 5.74) is 0. The minimum absolute atomic E-state index is 0.0679. The van der Waals surface area contributed by atoms with Crippen LogP contribution in [-0.2, 0) is 9.53 Å². The summed E-state index contributed by atoms with van der Waals surface area (Å²) in [6, 6.07) is 0.371. The number of hydrogen-bond acceptors (Lipinski definition) is 3. The molecule has 2 atom stereocenters. The lowest BCUT2D eigenvalue weighted by atomic mass is 10.1. The van der Waals surface area contributed by atoms with Gasteiger partial charge in [-0.15, -0.1) is 0 Å². The van der Waals surface area contributed by atoms with Crippen molar-refractivity contribution in [3.8, 4) is 0 Å². The number of nitrogens with one attached hydrogen (secondary N) is 1. The standard InChI is InChI=1S/C8H16NO2P/c1-2-11-8(10)6-7-4-3-5-12-9-7/h7,9,12H,2-6H2,1H3. The van der Waals surface area contributed by atoms with Gasteiger partial charge in [-0.25, -0.2) is 0 Å². The first-order chi connectivity index (χ1) is 5.83. The second-order valence-corrected chi connectivity index (χ2v) is 4.06. The summed E-state index contributed by atoms with van der Waals surface area (Å²) in [6.45, 7) is 2.34. The fourth-order valence-corrected chi connectivity index (χ4v) is 2.36. The van der Waals surface area contributed by atoms with Crippen molar-refractivity contribution >= 4 is 14.7 Å². The van der Waals surface area contributed by atoms with Crippen LogP contribution in [0.25, 0.3) is 0 Å². The monoisotopic (exact) mass is 189 g/mol. The van der Waals surface area contributed by atoms with Crippen LogP contribution in [-0.4, -0.2) is 24.8 Å². The zero-order valence-corrected chi connectivity index (χ0v) is 8.43. The molecule has 0 aromatic heterocycles. The summed E-state index contributed by atoms with van der Waals surface area (Å²) in [7, 11) is 0.826. The molecule has 3 nitrogen and oxygen atoms in total. The van der Waals surface area contributed by atoms with Crippen molar-refractivity contribution in [1.29, 1.82) is 0 Å². The van der Waals surface area contributed by atoms with E-state index in [2.05, 4.69) is 5.09 Å². The highest BCUT2D eigenvalue weighted by atomic mass is 31.1. The fraction of sp³-hybridized carbons (Fsp3) is 0.875. The quantitative estimate of drug-likeness (QED) is 0.537. The van der Waals surface area contributed by atoms with E-state index in [4.69, 9.17) is 4.74 Å². The Balaban J connectivity index is 2.15. The highest BCUT2D eigenvalue weighted by Gasteiger charge is 2.16.